The van der Waals surface area contributed by atoms with E-state index in [1.54, 1.807) is 12.3 Å². The number of thioether (sulfide) groups is 1. The number of hydrogen-bond donors (Lipinski definition) is 1. The average Bonchev–Trinajstić information content (AvgIpc) is 3.10. The van der Waals surface area contributed by atoms with Crippen molar-refractivity contribution in [3.8, 4) is 11.3 Å². The molecular formula is C18H14N4OS. The molecule has 3 heterocycles. The van der Waals surface area contributed by atoms with E-state index in [2.05, 4.69) is 15.0 Å². The van der Waals surface area contributed by atoms with Crippen molar-refractivity contribution in [2.75, 3.05) is 0 Å². The molecule has 0 aliphatic rings. The molecule has 1 aromatic carbocycles. The second-order valence-electron chi connectivity index (χ2n) is 5.27. The fourth-order valence-electron chi connectivity index (χ4n) is 2.46. The fourth-order valence-corrected chi connectivity index (χ4v) is 3.20. The van der Waals surface area contributed by atoms with Gasteiger partial charge in [-0.2, -0.15) is 0 Å². The van der Waals surface area contributed by atoms with Gasteiger partial charge in [0.2, 0.25) is 0 Å². The van der Waals surface area contributed by atoms with Gasteiger partial charge in [-0.15, -0.1) is 0 Å². The first-order chi connectivity index (χ1) is 11.8. The number of imidazole rings is 1. The lowest BCUT2D eigenvalue weighted by atomic mass is 10.2. The normalized spacial score (nSPS) is 11.0. The summed E-state index contributed by atoms with van der Waals surface area (Å²) in [6.45, 7) is 0. The summed E-state index contributed by atoms with van der Waals surface area (Å²) < 4.78 is 1.54. The first kappa shape index (κ1) is 14.7. The third-order valence-electron chi connectivity index (χ3n) is 3.62. The minimum absolute atomic E-state index is 0.0689. The molecule has 5 nitrogen and oxygen atoms in total. The van der Waals surface area contributed by atoms with E-state index >= 15 is 0 Å². The van der Waals surface area contributed by atoms with Crippen LogP contribution in [-0.4, -0.2) is 19.4 Å². The van der Waals surface area contributed by atoms with Crippen molar-refractivity contribution in [1.29, 1.82) is 0 Å². The van der Waals surface area contributed by atoms with E-state index in [-0.39, 0.29) is 5.56 Å². The van der Waals surface area contributed by atoms with Gasteiger partial charge in [0.15, 0.2) is 5.16 Å². The number of hydrogen-bond acceptors (Lipinski definition) is 4. The van der Waals surface area contributed by atoms with Crippen LogP contribution >= 0.6 is 11.8 Å². The minimum atomic E-state index is -0.0689. The van der Waals surface area contributed by atoms with Gasteiger partial charge >= 0.3 is 0 Å². The predicted molar refractivity (Wildman–Crippen MR) is 95.0 cm³/mol. The molecule has 0 aliphatic heterocycles. The van der Waals surface area contributed by atoms with Crippen LogP contribution in [0.25, 0.3) is 16.9 Å². The van der Waals surface area contributed by atoms with Crippen molar-refractivity contribution in [3.05, 3.63) is 83.0 Å². The minimum Gasteiger partial charge on any atom is -0.333 e. The van der Waals surface area contributed by atoms with E-state index in [0.29, 0.717) is 11.4 Å². The number of aromatic nitrogens is 4. The van der Waals surface area contributed by atoms with Crippen molar-refractivity contribution in [3.63, 3.8) is 0 Å². The zero-order valence-electron chi connectivity index (χ0n) is 12.7. The summed E-state index contributed by atoms with van der Waals surface area (Å²) in [5, 5.41) is 0.809. The Morgan fingerprint density at radius 2 is 1.92 bits per heavy atom. The highest BCUT2D eigenvalue weighted by Gasteiger charge is 2.06. The van der Waals surface area contributed by atoms with Gasteiger partial charge in [0.05, 0.1) is 17.6 Å². The van der Waals surface area contributed by atoms with E-state index in [4.69, 9.17) is 0 Å². The zero-order valence-corrected chi connectivity index (χ0v) is 13.5. The second-order valence-corrected chi connectivity index (χ2v) is 6.24. The summed E-state index contributed by atoms with van der Waals surface area (Å²) in [5.41, 5.74) is 3.41. The van der Waals surface area contributed by atoms with E-state index in [1.165, 1.54) is 16.2 Å². The van der Waals surface area contributed by atoms with Crippen molar-refractivity contribution < 1.29 is 0 Å². The van der Waals surface area contributed by atoms with Crippen LogP contribution < -0.4 is 5.56 Å². The lowest BCUT2D eigenvalue weighted by molar-refractivity contribution is 1.01. The highest BCUT2D eigenvalue weighted by Crippen LogP contribution is 2.23. The number of aromatic amines is 1. The molecule has 3 aromatic heterocycles. The van der Waals surface area contributed by atoms with Gasteiger partial charge in [-0.3, -0.25) is 9.20 Å². The number of nitrogens with one attached hydrogen (secondary N) is 1. The van der Waals surface area contributed by atoms with Crippen LogP contribution in [0.15, 0.2) is 76.9 Å². The van der Waals surface area contributed by atoms with Crippen LogP contribution in [0.2, 0.25) is 0 Å². The third kappa shape index (κ3) is 2.96. The highest BCUT2D eigenvalue weighted by molar-refractivity contribution is 7.98. The summed E-state index contributed by atoms with van der Waals surface area (Å²) in [6, 6.07) is 17.1. The summed E-state index contributed by atoms with van der Waals surface area (Å²) >= 11 is 1.53. The van der Waals surface area contributed by atoms with E-state index in [1.807, 2.05) is 54.7 Å². The van der Waals surface area contributed by atoms with Crippen LogP contribution in [0.3, 0.4) is 0 Å². The van der Waals surface area contributed by atoms with Crippen molar-refractivity contribution in [1.82, 2.24) is 19.4 Å². The molecule has 4 rings (SSSR count). The maximum Gasteiger partial charge on any atom is 0.258 e. The van der Waals surface area contributed by atoms with Gasteiger partial charge in [-0.1, -0.05) is 48.2 Å². The summed E-state index contributed by atoms with van der Waals surface area (Å²) in [5.74, 6) is 0.586. The first-order valence-electron chi connectivity index (χ1n) is 7.50. The number of benzene rings is 1. The number of fused-ring (bicyclic) bond motifs is 1. The average molecular weight is 334 g/mol. The Morgan fingerprint density at radius 1 is 1.08 bits per heavy atom. The third-order valence-corrected chi connectivity index (χ3v) is 4.54. The fraction of sp³-hybridized carbons (Fsp3) is 0.0556. The molecule has 0 radical (unpaired) electrons. The van der Waals surface area contributed by atoms with Gasteiger partial charge in [-0.25, -0.2) is 9.97 Å². The summed E-state index contributed by atoms with van der Waals surface area (Å²) in [7, 11) is 0. The molecular weight excluding hydrogens is 320 g/mol. The molecule has 0 atom stereocenters. The molecule has 0 amide bonds. The quantitative estimate of drug-likeness (QED) is 0.581. The van der Waals surface area contributed by atoms with Gasteiger partial charge in [0, 0.05) is 18.0 Å². The molecule has 0 bridgehead atoms. The maximum absolute atomic E-state index is 12.1. The van der Waals surface area contributed by atoms with Gasteiger partial charge in [0.25, 0.3) is 5.56 Å². The predicted octanol–water partition coefficient (Wildman–Crippen LogP) is 3.38. The number of rotatable bonds is 4. The Labute approximate surface area is 142 Å². The van der Waals surface area contributed by atoms with Crippen LogP contribution in [-0.2, 0) is 5.75 Å². The molecule has 24 heavy (non-hydrogen) atoms. The van der Waals surface area contributed by atoms with Crippen LogP contribution in [0, 0.1) is 0 Å². The summed E-state index contributed by atoms with van der Waals surface area (Å²) in [4.78, 5) is 24.3. The lowest BCUT2D eigenvalue weighted by Crippen LogP contribution is -2.14. The van der Waals surface area contributed by atoms with Crippen molar-refractivity contribution in [2.45, 2.75) is 10.9 Å². The molecule has 4 aromatic rings. The molecule has 0 unspecified atom stereocenters. The van der Waals surface area contributed by atoms with Gasteiger partial charge < -0.3 is 4.98 Å². The monoisotopic (exact) mass is 334 g/mol. The maximum atomic E-state index is 12.1. The standard InChI is InChI=1S/C18H14N4OS/c23-17-10-14(20-16-8-4-5-9-22(16)17)12-24-18-19-11-15(21-18)13-6-2-1-3-7-13/h1-11H,12H2,(H,19,21). The molecule has 6 heteroatoms. The lowest BCUT2D eigenvalue weighted by Gasteiger charge is -2.02. The molecule has 0 saturated carbocycles. The van der Waals surface area contributed by atoms with E-state index < -0.39 is 0 Å². The second kappa shape index (κ2) is 6.33. The van der Waals surface area contributed by atoms with Gasteiger partial charge in [-0.05, 0) is 17.7 Å². The Hall–Kier alpha value is -2.86. The number of pyridine rings is 1. The zero-order chi connectivity index (χ0) is 16.4. The summed E-state index contributed by atoms with van der Waals surface area (Å²) in [6.07, 6.45) is 3.54. The molecule has 1 N–H and O–H groups in total. The Kier molecular flexibility index (Phi) is 3.88. The largest absolute Gasteiger partial charge is 0.333 e. The van der Waals surface area contributed by atoms with E-state index in [9.17, 15) is 4.79 Å². The number of H-pyrrole nitrogens is 1. The Balaban J connectivity index is 1.53. The molecule has 0 aliphatic carbocycles. The SMILES string of the molecule is O=c1cc(CSc2ncc(-c3ccccc3)[nH]2)nc2ccccn12. The van der Waals surface area contributed by atoms with Crippen LogP contribution in [0.5, 0.6) is 0 Å². The highest BCUT2D eigenvalue weighted by atomic mass is 32.2. The molecule has 0 fully saturated rings. The van der Waals surface area contributed by atoms with Crippen LogP contribution in [0.1, 0.15) is 5.69 Å². The molecule has 0 saturated heterocycles. The van der Waals surface area contributed by atoms with Crippen LogP contribution in [0.4, 0.5) is 0 Å². The molecule has 0 spiro atoms. The van der Waals surface area contributed by atoms with Gasteiger partial charge in [0.1, 0.15) is 5.65 Å². The first-order valence-corrected chi connectivity index (χ1v) is 8.49. The molecule has 118 valence electrons. The van der Waals surface area contributed by atoms with Crippen molar-refractivity contribution in [2.24, 2.45) is 0 Å². The smallest absolute Gasteiger partial charge is 0.258 e. The van der Waals surface area contributed by atoms with E-state index in [0.717, 1.165) is 22.1 Å². The topological polar surface area (TPSA) is 63.0 Å². The van der Waals surface area contributed by atoms with Crippen molar-refractivity contribution >= 4 is 17.4 Å². The Bertz CT molecular complexity index is 1040. The number of nitrogens with zero attached hydrogens (tertiary/aromatic N) is 3. The Morgan fingerprint density at radius 3 is 2.79 bits per heavy atom.